The van der Waals surface area contributed by atoms with Gasteiger partial charge in [-0.25, -0.2) is 0 Å². The van der Waals surface area contributed by atoms with E-state index in [9.17, 15) is 14.7 Å². The first-order valence-corrected chi connectivity index (χ1v) is 8.00. The minimum atomic E-state index is -1.12. The van der Waals surface area contributed by atoms with Gasteiger partial charge in [0.15, 0.2) is 0 Å². The largest absolute Gasteiger partial charge is 0.382 e. The fraction of sp³-hybridized carbons (Fsp3) is 0.867. The quantitative estimate of drug-likeness (QED) is 0.489. The van der Waals surface area contributed by atoms with Gasteiger partial charge in [0.25, 0.3) is 0 Å². The second kappa shape index (κ2) is 11.5. The highest BCUT2D eigenvalue weighted by molar-refractivity contribution is 5.82. The van der Waals surface area contributed by atoms with Crippen LogP contribution < -0.4 is 16.0 Å². The van der Waals surface area contributed by atoms with Crippen molar-refractivity contribution in [3.8, 4) is 0 Å². The van der Waals surface area contributed by atoms with Gasteiger partial charge in [0.2, 0.25) is 11.8 Å². The smallest absolute Gasteiger partial charge is 0.250 e. The first-order valence-electron chi connectivity index (χ1n) is 8.00. The van der Waals surface area contributed by atoms with Gasteiger partial charge in [-0.15, -0.1) is 0 Å². The maximum Gasteiger partial charge on any atom is 0.250 e. The normalized spacial score (nSPS) is 20.0. The summed E-state index contributed by atoms with van der Waals surface area (Å²) in [4.78, 5) is 23.3. The Bertz CT molecular complexity index is 311. The van der Waals surface area contributed by atoms with Gasteiger partial charge in [-0.2, -0.15) is 0 Å². The number of aliphatic hydroxyl groups excluding tert-OH is 1. The van der Waals surface area contributed by atoms with Crippen molar-refractivity contribution < 1.29 is 14.7 Å². The van der Waals surface area contributed by atoms with E-state index in [0.717, 1.165) is 19.3 Å². The van der Waals surface area contributed by atoms with Gasteiger partial charge in [-0.3, -0.25) is 9.59 Å². The van der Waals surface area contributed by atoms with E-state index < -0.39 is 12.1 Å². The van der Waals surface area contributed by atoms with Crippen molar-refractivity contribution in [2.75, 3.05) is 20.1 Å². The van der Waals surface area contributed by atoms with Crippen LogP contribution in [-0.2, 0) is 9.59 Å². The lowest BCUT2D eigenvalue weighted by atomic mass is 9.95. The molecule has 6 nitrogen and oxygen atoms in total. The van der Waals surface area contributed by atoms with Gasteiger partial charge in [-0.1, -0.05) is 27.2 Å². The summed E-state index contributed by atoms with van der Waals surface area (Å²) in [5.41, 5.74) is 0. The predicted octanol–water partition coefficient (Wildman–Crippen LogP) is 0.404. The monoisotopic (exact) mass is 301 g/mol. The molecule has 0 aromatic carbocycles. The van der Waals surface area contributed by atoms with Gasteiger partial charge in [0.1, 0.15) is 6.10 Å². The van der Waals surface area contributed by atoms with E-state index in [2.05, 4.69) is 16.0 Å². The lowest BCUT2D eigenvalue weighted by molar-refractivity contribution is -0.132. The first-order chi connectivity index (χ1) is 10.1. The first kappa shape index (κ1) is 19.9. The molecule has 3 atom stereocenters. The molecule has 0 aromatic rings. The minimum Gasteiger partial charge on any atom is -0.382 e. The molecule has 0 aliphatic carbocycles. The number of amides is 2. The summed E-state index contributed by atoms with van der Waals surface area (Å²) < 4.78 is 0. The van der Waals surface area contributed by atoms with Crippen molar-refractivity contribution in [2.24, 2.45) is 5.92 Å². The predicted molar refractivity (Wildman–Crippen MR) is 83.9 cm³/mol. The molecule has 0 bridgehead atoms. The summed E-state index contributed by atoms with van der Waals surface area (Å²) in [5, 5.41) is 18.4. The Morgan fingerprint density at radius 1 is 1.48 bits per heavy atom. The average Bonchev–Trinajstić information content (AvgIpc) is 2.91. The van der Waals surface area contributed by atoms with Crippen LogP contribution in [0.5, 0.6) is 0 Å². The molecule has 1 heterocycles. The van der Waals surface area contributed by atoms with E-state index in [-0.39, 0.29) is 17.7 Å². The molecule has 0 radical (unpaired) electrons. The van der Waals surface area contributed by atoms with Crippen LogP contribution in [0.2, 0.25) is 0 Å². The number of nitrogens with one attached hydrogen (secondary N) is 3. The second-order valence-corrected chi connectivity index (χ2v) is 5.00. The van der Waals surface area contributed by atoms with Crippen LogP contribution in [0, 0.1) is 5.92 Å². The van der Waals surface area contributed by atoms with E-state index in [1.54, 1.807) is 7.05 Å². The maximum absolute atomic E-state index is 11.8. The lowest BCUT2D eigenvalue weighted by Crippen LogP contribution is -2.49. The number of aliphatic hydroxyl groups is 1. The SMILES string of the molecule is CC.CCCCNC(=O)C(O)C(CC1CCNC1=O)NC. The van der Waals surface area contributed by atoms with Crippen LogP contribution in [0.25, 0.3) is 0 Å². The molecule has 3 unspecified atom stereocenters. The molecule has 2 amide bonds. The highest BCUT2D eigenvalue weighted by Crippen LogP contribution is 2.17. The zero-order valence-electron chi connectivity index (χ0n) is 13.7. The zero-order chi connectivity index (χ0) is 16.3. The van der Waals surface area contributed by atoms with Gasteiger partial charge >= 0.3 is 0 Å². The highest BCUT2D eigenvalue weighted by atomic mass is 16.3. The Kier molecular flexibility index (Phi) is 10.9. The third kappa shape index (κ3) is 6.91. The molecule has 1 aliphatic rings. The molecular weight excluding hydrogens is 270 g/mol. The Balaban J connectivity index is 0.00000191. The van der Waals surface area contributed by atoms with Crippen molar-refractivity contribution >= 4 is 11.8 Å². The Hall–Kier alpha value is -1.14. The lowest BCUT2D eigenvalue weighted by Gasteiger charge is -2.23. The van der Waals surface area contributed by atoms with Crippen molar-refractivity contribution in [2.45, 2.75) is 58.6 Å². The summed E-state index contributed by atoms with van der Waals surface area (Å²) in [6.07, 6.45) is 2.02. The molecule has 0 aromatic heterocycles. The molecule has 4 N–H and O–H groups in total. The fourth-order valence-corrected chi connectivity index (χ4v) is 2.26. The van der Waals surface area contributed by atoms with Crippen LogP contribution in [0.4, 0.5) is 0 Å². The summed E-state index contributed by atoms with van der Waals surface area (Å²) in [6, 6.07) is -0.393. The number of rotatable bonds is 8. The fourth-order valence-electron chi connectivity index (χ4n) is 2.26. The molecule has 1 fully saturated rings. The summed E-state index contributed by atoms with van der Waals surface area (Å²) in [5.74, 6) is -0.472. The summed E-state index contributed by atoms with van der Waals surface area (Å²) in [6.45, 7) is 7.29. The molecular formula is C15H31N3O3. The molecule has 1 aliphatic heterocycles. The molecule has 0 spiro atoms. The third-order valence-corrected chi connectivity index (χ3v) is 3.55. The van der Waals surface area contributed by atoms with Crippen LogP contribution >= 0.6 is 0 Å². The number of carbonyl (C=O) groups is 2. The molecule has 6 heteroatoms. The Morgan fingerprint density at radius 3 is 2.62 bits per heavy atom. The topological polar surface area (TPSA) is 90.5 Å². The van der Waals surface area contributed by atoms with E-state index in [1.165, 1.54) is 0 Å². The van der Waals surface area contributed by atoms with Crippen LogP contribution in [-0.4, -0.2) is 49.2 Å². The standard InChI is InChI=1S/C13H25N3O3.C2H6/c1-3-4-6-15-13(19)11(17)10(14-2)8-9-5-7-16-12(9)18;1-2/h9-11,14,17H,3-8H2,1-2H3,(H,15,19)(H,16,18);1-2H3. The number of hydrogen-bond donors (Lipinski definition) is 4. The molecule has 21 heavy (non-hydrogen) atoms. The third-order valence-electron chi connectivity index (χ3n) is 3.55. The number of unbranched alkanes of at least 4 members (excludes halogenated alkanes) is 1. The summed E-state index contributed by atoms with van der Waals surface area (Å²) in [7, 11) is 1.69. The summed E-state index contributed by atoms with van der Waals surface area (Å²) >= 11 is 0. The van der Waals surface area contributed by atoms with Crippen molar-refractivity contribution in [3.63, 3.8) is 0 Å². The Morgan fingerprint density at radius 2 is 2.14 bits per heavy atom. The van der Waals surface area contributed by atoms with Crippen LogP contribution in [0.1, 0.15) is 46.5 Å². The van der Waals surface area contributed by atoms with Crippen molar-refractivity contribution in [1.82, 2.24) is 16.0 Å². The maximum atomic E-state index is 11.8. The number of hydrogen-bond acceptors (Lipinski definition) is 4. The van der Waals surface area contributed by atoms with E-state index in [1.807, 2.05) is 20.8 Å². The van der Waals surface area contributed by atoms with Gasteiger partial charge in [0, 0.05) is 25.0 Å². The van der Waals surface area contributed by atoms with Gasteiger partial charge in [-0.05, 0) is 26.3 Å². The Labute approximate surface area is 128 Å². The van der Waals surface area contributed by atoms with Crippen LogP contribution in [0.3, 0.4) is 0 Å². The van der Waals surface area contributed by atoms with Crippen LogP contribution in [0.15, 0.2) is 0 Å². The molecule has 0 saturated carbocycles. The minimum absolute atomic E-state index is 0.0128. The molecule has 124 valence electrons. The second-order valence-electron chi connectivity index (χ2n) is 5.00. The highest BCUT2D eigenvalue weighted by Gasteiger charge is 2.32. The van der Waals surface area contributed by atoms with Gasteiger partial charge in [0.05, 0.1) is 0 Å². The van der Waals surface area contributed by atoms with Gasteiger partial charge < -0.3 is 21.1 Å². The average molecular weight is 301 g/mol. The molecule has 1 rings (SSSR count). The van der Waals surface area contributed by atoms with E-state index >= 15 is 0 Å². The zero-order valence-corrected chi connectivity index (χ0v) is 13.7. The van der Waals surface area contributed by atoms with Crippen molar-refractivity contribution in [3.05, 3.63) is 0 Å². The van der Waals surface area contributed by atoms with E-state index in [0.29, 0.717) is 19.5 Å². The van der Waals surface area contributed by atoms with E-state index in [4.69, 9.17) is 0 Å². The number of carbonyl (C=O) groups excluding carboxylic acids is 2. The van der Waals surface area contributed by atoms with Crippen molar-refractivity contribution in [1.29, 1.82) is 0 Å². The molecule has 1 saturated heterocycles. The number of likely N-dealkylation sites (N-methyl/N-ethyl adjacent to an activating group) is 1.